The molecule has 0 aliphatic heterocycles. The lowest BCUT2D eigenvalue weighted by Gasteiger charge is -2.19. The number of ether oxygens (including phenoxy) is 2. The Bertz CT molecular complexity index is 825. The molecular weight excluding hydrogens is 401 g/mol. The number of rotatable bonds is 6. The molecule has 0 radical (unpaired) electrons. The van der Waals surface area contributed by atoms with E-state index in [2.05, 4.69) is 15.9 Å². The summed E-state index contributed by atoms with van der Waals surface area (Å²) in [6.07, 6.45) is 0. The van der Waals surface area contributed by atoms with E-state index in [-0.39, 0.29) is 18.0 Å². The van der Waals surface area contributed by atoms with Gasteiger partial charge >= 0.3 is 0 Å². The molecule has 0 aromatic heterocycles. The molecule has 0 amide bonds. The number of sulfonamides is 1. The van der Waals surface area contributed by atoms with Crippen LogP contribution in [-0.4, -0.2) is 34.0 Å². The van der Waals surface area contributed by atoms with Gasteiger partial charge in [-0.15, -0.1) is 0 Å². The Balaban J connectivity index is 2.37. The fraction of sp³-hybridized carbons (Fsp3) is 0.250. The first-order chi connectivity index (χ1) is 11.3. The Morgan fingerprint density at radius 1 is 1.08 bits per heavy atom. The Morgan fingerprint density at radius 3 is 2.17 bits per heavy atom. The highest BCUT2D eigenvalue weighted by Gasteiger charge is 2.27. The van der Waals surface area contributed by atoms with E-state index >= 15 is 0 Å². The van der Waals surface area contributed by atoms with E-state index in [4.69, 9.17) is 9.47 Å². The summed E-state index contributed by atoms with van der Waals surface area (Å²) in [5.74, 6) is -0.616. The number of nitrogens with zero attached hydrogens (tertiary/aromatic N) is 1. The van der Waals surface area contributed by atoms with Crippen molar-refractivity contribution in [3.8, 4) is 11.5 Å². The molecule has 0 atom stereocenters. The maximum Gasteiger partial charge on any atom is 0.246 e. The molecule has 0 aliphatic rings. The molecule has 130 valence electrons. The fourth-order valence-corrected chi connectivity index (χ4v) is 3.61. The van der Waals surface area contributed by atoms with Crippen LogP contribution in [0.25, 0.3) is 0 Å². The van der Waals surface area contributed by atoms with Crippen molar-refractivity contribution >= 4 is 26.0 Å². The molecule has 0 fully saturated rings. The van der Waals surface area contributed by atoms with Crippen molar-refractivity contribution < 1.29 is 22.3 Å². The van der Waals surface area contributed by atoms with Crippen LogP contribution in [0.15, 0.2) is 45.8 Å². The fourth-order valence-electron chi connectivity index (χ4n) is 2.13. The van der Waals surface area contributed by atoms with Crippen molar-refractivity contribution in [1.29, 1.82) is 0 Å². The first-order valence-corrected chi connectivity index (χ1v) is 9.15. The van der Waals surface area contributed by atoms with Gasteiger partial charge in [0.05, 0.1) is 14.2 Å². The lowest BCUT2D eigenvalue weighted by molar-refractivity contribution is 0.349. The molecule has 2 aromatic carbocycles. The van der Waals surface area contributed by atoms with Gasteiger partial charge in [0.2, 0.25) is 10.0 Å². The predicted molar refractivity (Wildman–Crippen MR) is 92.3 cm³/mol. The van der Waals surface area contributed by atoms with Crippen LogP contribution >= 0.6 is 15.9 Å². The van der Waals surface area contributed by atoms with Gasteiger partial charge in [-0.25, -0.2) is 12.8 Å². The minimum atomic E-state index is -4.02. The first-order valence-electron chi connectivity index (χ1n) is 6.92. The van der Waals surface area contributed by atoms with Crippen molar-refractivity contribution in [2.75, 3.05) is 21.3 Å². The maximum atomic E-state index is 14.3. The quantitative estimate of drug-likeness (QED) is 0.722. The van der Waals surface area contributed by atoms with Crippen molar-refractivity contribution in [2.24, 2.45) is 0 Å². The van der Waals surface area contributed by atoms with Crippen LogP contribution in [-0.2, 0) is 16.6 Å². The topological polar surface area (TPSA) is 55.8 Å². The molecule has 0 saturated heterocycles. The molecule has 0 bridgehead atoms. The molecule has 0 heterocycles. The molecule has 5 nitrogen and oxygen atoms in total. The summed E-state index contributed by atoms with van der Waals surface area (Å²) in [7, 11) is 0.0830. The van der Waals surface area contributed by atoms with E-state index in [0.717, 1.165) is 26.5 Å². The second-order valence-corrected chi connectivity index (χ2v) is 7.95. The van der Waals surface area contributed by atoms with E-state index in [9.17, 15) is 12.8 Å². The summed E-state index contributed by atoms with van der Waals surface area (Å²) < 4.78 is 51.6. The van der Waals surface area contributed by atoms with Gasteiger partial charge in [0.1, 0.15) is 10.7 Å². The van der Waals surface area contributed by atoms with Gasteiger partial charge in [-0.05, 0) is 17.7 Å². The van der Waals surface area contributed by atoms with Crippen LogP contribution < -0.4 is 9.47 Å². The average Bonchev–Trinajstić information content (AvgIpc) is 2.56. The third kappa shape index (κ3) is 3.88. The van der Waals surface area contributed by atoms with Gasteiger partial charge in [0, 0.05) is 30.2 Å². The smallest absolute Gasteiger partial charge is 0.246 e. The number of benzene rings is 2. The molecule has 24 heavy (non-hydrogen) atoms. The largest absolute Gasteiger partial charge is 0.493 e. The molecule has 0 saturated carbocycles. The molecule has 2 aromatic rings. The van der Waals surface area contributed by atoms with Crippen LogP contribution in [0.1, 0.15) is 5.56 Å². The molecule has 0 N–H and O–H groups in total. The zero-order valence-electron chi connectivity index (χ0n) is 13.4. The second kappa shape index (κ2) is 7.50. The van der Waals surface area contributed by atoms with Crippen LogP contribution in [0.2, 0.25) is 0 Å². The molecule has 0 unspecified atom stereocenters. The van der Waals surface area contributed by atoms with Gasteiger partial charge in [0.25, 0.3) is 0 Å². The Kier molecular flexibility index (Phi) is 5.84. The lowest BCUT2D eigenvalue weighted by atomic mass is 10.2. The number of hydrogen-bond acceptors (Lipinski definition) is 4. The van der Waals surface area contributed by atoms with Crippen molar-refractivity contribution in [1.82, 2.24) is 4.31 Å². The Labute approximate surface area is 149 Å². The van der Waals surface area contributed by atoms with Gasteiger partial charge in [-0.2, -0.15) is 4.31 Å². The zero-order chi connectivity index (χ0) is 17.9. The summed E-state index contributed by atoms with van der Waals surface area (Å²) in [5.41, 5.74) is 0.783. The van der Waals surface area contributed by atoms with Crippen molar-refractivity contribution in [3.63, 3.8) is 0 Å². The van der Waals surface area contributed by atoms with E-state index < -0.39 is 20.7 Å². The summed E-state index contributed by atoms with van der Waals surface area (Å²) in [6.45, 7) is 0.114. The van der Waals surface area contributed by atoms with Gasteiger partial charge in [-0.1, -0.05) is 28.1 Å². The Morgan fingerprint density at radius 2 is 1.62 bits per heavy atom. The minimum Gasteiger partial charge on any atom is -0.493 e. The average molecular weight is 418 g/mol. The zero-order valence-corrected chi connectivity index (χ0v) is 15.8. The van der Waals surface area contributed by atoms with Gasteiger partial charge in [-0.3, -0.25) is 0 Å². The second-order valence-electron chi connectivity index (χ2n) is 5.03. The van der Waals surface area contributed by atoms with Crippen LogP contribution in [0.5, 0.6) is 11.5 Å². The molecule has 0 spiro atoms. The maximum absolute atomic E-state index is 14.3. The van der Waals surface area contributed by atoms with Gasteiger partial charge in [0.15, 0.2) is 11.5 Å². The van der Waals surface area contributed by atoms with Crippen LogP contribution in [0, 0.1) is 5.82 Å². The lowest BCUT2D eigenvalue weighted by Crippen LogP contribution is -2.27. The summed E-state index contributed by atoms with van der Waals surface area (Å²) in [4.78, 5) is -0.459. The van der Waals surface area contributed by atoms with E-state index in [1.165, 1.54) is 21.3 Å². The summed E-state index contributed by atoms with van der Waals surface area (Å²) in [6, 6.07) is 9.34. The van der Waals surface area contributed by atoms with E-state index in [1.807, 2.05) is 12.1 Å². The Hall–Kier alpha value is -1.64. The molecule has 2 rings (SSSR count). The first kappa shape index (κ1) is 18.7. The minimum absolute atomic E-state index is 0.114. The molecule has 8 heteroatoms. The monoisotopic (exact) mass is 417 g/mol. The van der Waals surface area contributed by atoms with Crippen LogP contribution in [0.3, 0.4) is 0 Å². The number of hydrogen-bond donors (Lipinski definition) is 0. The summed E-state index contributed by atoms with van der Waals surface area (Å²) in [5, 5.41) is 0. The third-order valence-electron chi connectivity index (χ3n) is 3.44. The summed E-state index contributed by atoms with van der Waals surface area (Å²) >= 11 is 3.32. The number of methoxy groups -OCH3 is 2. The highest BCUT2D eigenvalue weighted by molar-refractivity contribution is 9.10. The number of halogens is 2. The van der Waals surface area contributed by atoms with E-state index in [1.54, 1.807) is 12.1 Å². The predicted octanol–water partition coefficient (Wildman–Crippen LogP) is 3.43. The highest BCUT2D eigenvalue weighted by atomic mass is 79.9. The molecular formula is C16H17BrFNO4S. The van der Waals surface area contributed by atoms with E-state index in [0.29, 0.717) is 0 Å². The standard InChI is InChI=1S/C16H17BrFNO4S/c1-19(10-11-4-6-12(17)7-5-11)24(20,21)16-9-15(23-3)14(22-2)8-13(16)18/h4-9H,10H2,1-3H3. The SMILES string of the molecule is COc1cc(F)c(S(=O)(=O)N(C)Cc2ccc(Br)cc2)cc1OC. The van der Waals surface area contributed by atoms with Crippen molar-refractivity contribution in [3.05, 3.63) is 52.3 Å². The highest BCUT2D eigenvalue weighted by Crippen LogP contribution is 2.33. The normalized spacial score (nSPS) is 11.6. The van der Waals surface area contributed by atoms with Gasteiger partial charge < -0.3 is 9.47 Å². The van der Waals surface area contributed by atoms with Crippen molar-refractivity contribution in [2.45, 2.75) is 11.4 Å². The molecule has 0 aliphatic carbocycles. The third-order valence-corrected chi connectivity index (χ3v) is 5.79. The van der Waals surface area contributed by atoms with Crippen LogP contribution in [0.4, 0.5) is 4.39 Å².